The fraction of sp³-hybridized carbons (Fsp3) is 0.714. The zero-order valence-corrected chi connectivity index (χ0v) is 6.82. The lowest BCUT2D eigenvalue weighted by Crippen LogP contribution is -2.33. The first-order valence-corrected chi connectivity index (χ1v) is 3.89. The number of hydrogen-bond donors (Lipinski definition) is 2. The highest BCUT2D eigenvalue weighted by Crippen LogP contribution is 2.14. The van der Waals surface area contributed by atoms with Crippen LogP contribution in [0.25, 0.3) is 0 Å². The maximum atomic E-state index is 10.7. The van der Waals surface area contributed by atoms with Crippen LogP contribution in [0.4, 0.5) is 0 Å². The first-order chi connectivity index (χ1) is 5.59. The average molecular weight is 171 g/mol. The van der Waals surface area contributed by atoms with Gasteiger partial charge in [0.15, 0.2) is 0 Å². The molecule has 1 atom stereocenters. The molecule has 1 heterocycles. The summed E-state index contributed by atoms with van der Waals surface area (Å²) in [5.41, 5.74) is 10.1. The number of nitrogens with two attached hydrogens (primary N) is 2. The second-order valence-electron chi connectivity index (χ2n) is 3.09. The molecule has 1 aliphatic heterocycles. The van der Waals surface area contributed by atoms with Gasteiger partial charge in [-0.1, -0.05) is 0 Å². The molecular weight excluding hydrogens is 158 g/mol. The van der Waals surface area contributed by atoms with Crippen LogP contribution in [0.3, 0.4) is 0 Å². The van der Waals surface area contributed by atoms with Crippen molar-refractivity contribution in [1.29, 1.82) is 0 Å². The van der Waals surface area contributed by atoms with E-state index in [2.05, 4.69) is 0 Å². The number of nitrogens with zero attached hydrogens (tertiary/aromatic N) is 1. The molecular formula is C7H13N3O2. The van der Waals surface area contributed by atoms with Gasteiger partial charge >= 0.3 is 0 Å². The predicted molar refractivity (Wildman–Crippen MR) is 42.9 cm³/mol. The average Bonchev–Trinajstić information content (AvgIpc) is 2.34. The highest BCUT2D eigenvalue weighted by atomic mass is 16.1. The minimum Gasteiger partial charge on any atom is -0.369 e. The minimum absolute atomic E-state index is 0.107. The van der Waals surface area contributed by atoms with Crippen molar-refractivity contribution in [3.8, 4) is 0 Å². The molecule has 0 saturated carbocycles. The van der Waals surface area contributed by atoms with Gasteiger partial charge in [0.05, 0.1) is 12.5 Å². The van der Waals surface area contributed by atoms with Gasteiger partial charge in [-0.3, -0.25) is 14.5 Å². The van der Waals surface area contributed by atoms with Gasteiger partial charge in [0.25, 0.3) is 0 Å². The maximum absolute atomic E-state index is 10.7. The number of carbonyl (C=O) groups is 2. The number of carbonyl (C=O) groups excluding carboxylic acids is 2. The van der Waals surface area contributed by atoms with Gasteiger partial charge in [-0.15, -0.1) is 0 Å². The van der Waals surface area contributed by atoms with Crippen molar-refractivity contribution in [3.05, 3.63) is 0 Å². The standard InChI is InChI=1S/C7H13N3O2/c8-6(11)4-10-2-1-5(3-10)7(9)12/h5H,1-4H2,(H2,8,11)(H2,9,12)/t5-/m0/s1. The summed E-state index contributed by atoms with van der Waals surface area (Å²) >= 11 is 0. The van der Waals surface area contributed by atoms with Gasteiger partial charge in [-0.25, -0.2) is 0 Å². The molecule has 0 unspecified atom stereocenters. The lowest BCUT2D eigenvalue weighted by atomic mass is 10.1. The second kappa shape index (κ2) is 3.53. The smallest absolute Gasteiger partial charge is 0.231 e. The van der Waals surface area contributed by atoms with E-state index in [4.69, 9.17) is 11.5 Å². The number of hydrogen-bond acceptors (Lipinski definition) is 3. The van der Waals surface area contributed by atoms with E-state index in [0.29, 0.717) is 6.54 Å². The molecule has 0 bridgehead atoms. The minimum atomic E-state index is -0.361. The summed E-state index contributed by atoms with van der Waals surface area (Å²) in [5.74, 6) is -0.758. The van der Waals surface area contributed by atoms with Gasteiger partial charge in [0.1, 0.15) is 0 Å². The fourth-order valence-electron chi connectivity index (χ4n) is 1.43. The summed E-state index contributed by atoms with van der Waals surface area (Å²) in [7, 11) is 0. The Morgan fingerprint density at radius 1 is 1.42 bits per heavy atom. The first-order valence-electron chi connectivity index (χ1n) is 3.89. The van der Waals surface area contributed by atoms with Crippen LogP contribution in [-0.2, 0) is 9.59 Å². The Morgan fingerprint density at radius 3 is 2.50 bits per heavy atom. The molecule has 1 saturated heterocycles. The summed E-state index contributed by atoms with van der Waals surface area (Å²) in [4.78, 5) is 23.1. The van der Waals surface area contributed by atoms with Crippen LogP contribution in [0.15, 0.2) is 0 Å². The molecule has 0 aromatic heterocycles. The number of likely N-dealkylation sites (tertiary alicyclic amines) is 1. The van der Waals surface area contributed by atoms with Crippen LogP contribution >= 0.6 is 0 Å². The van der Waals surface area contributed by atoms with E-state index in [0.717, 1.165) is 13.0 Å². The third kappa shape index (κ3) is 2.20. The molecule has 0 aliphatic carbocycles. The van der Waals surface area contributed by atoms with Crippen molar-refractivity contribution in [2.75, 3.05) is 19.6 Å². The Hall–Kier alpha value is -1.10. The van der Waals surface area contributed by atoms with Crippen molar-refractivity contribution in [3.63, 3.8) is 0 Å². The van der Waals surface area contributed by atoms with E-state index >= 15 is 0 Å². The molecule has 2 amide bonds. The third-order valence-electron chi connectivity index (χ3n) is 2.05. The quantitative estimate of drug-likeness (QED) is 0.529. The molecule has 0 radical (unpaired) electrons. The second-order valence-corrected chi connectivity index (χ2v) is 3.09. The van der Waals surface area contributed by atoms with Crippen molar-refractivity contribution in [1.82, 2.24) is 4.90 Å². The van der Waals surface area contributed by atoms with Gasteiger partial charge in [0.2, 0.25) is 11.8 Å². The summed E-state index contributed by atoms with van der Waals surface area (Å²) in [6.45, 7) is 1.53. The number of amides is 2. The van der Waals surface area contributed by atoms with Gasteiger partial charge in [-0.2, -0.15) is 0 Å². The van der Waals surface area contributed by atoms with Crippen LogP contribution in [0, 0.1) is 5.92 Å². The molecule has 4 N–H and O–H groups in total. The molecule has 5 nitrogen and oxygen atoms in total. The predicted octanol–water partition coefficient (Wildman–Crippen LogP) is -1.72. The van der Waals surface area contributed by atoms with Gasteiger partial charge in [0, 0.05) is 6.54 Å². The number of rotatable bonds is 3. The van der Waals surface area contributed by atoms with Crippen LogP contribution in [0.1, 0.15) is 6.42 Å². The van der Waals surface area contributed by atoms with Crippen LogP contribution in [-0.4, -0.2) is 36.3 Å². The molecule has 1 fully saturated rings. The normalized spacial score (nSPS) is 24.2. The number of primary amides is 2. The van der Waals surface area contributed by atoms with Crippen LogP contribution in [0.5, 0.6) is 0 Å². The van der Waals surface area contributed by atoms with Gasteiger partial charge < -0.3 is 11.5 Å². The summed E-state index contributed by atoms with van der Waals surface area (Å²) in [6.07, 6.45) is 0.739. The third-order valence-corrected chi connectivity index (χ3v) is 2.05. The highest BCUT2D eigenvalue weighted by molar-refractivity contribution is 5.78. The zero-order chi connectivity index (χ0) is 9.14. The molecule has 68 valence electrons. The maximum Gasteiger partial charge on any atom is 0.231 e. The van der Waals surface area contributed by atoms with E-state index in [-0.39, 0.29) is 24.3 Å². The van der Waals surface area contributed by atoms with Gasteiger partial charge in [-0.05, 0) is 13.0 Å². The monoisotopic (exact) mass is 171 g/mol. The van der Waals surface area contributed by atoms with E-state index in [9.17, 15) is 9.59 Å². The molecule has 1 aliphatic rings. The first kappa shape index (κ1) is 8.99. The van der Waals surface area contributed by atoms with E-state index < -0.39 is 0 Å². The molecule has 5 heteroatoms. The SMILES string of the molecule is NC(=O)CN1CC[C@H](C(N)=O)C1. The molecule has 0 aromatic carbocycles. The Kier molecular flexibility index (Phi) is 2.65. The van der Waals surface area contributed by atoms with Crippen molar-refractivity contribution < 1.29 is 9.59 Å². The van der Waals surface area contributed by atoms with E-state index in [1.165, 1.54) is 0 Å². The summed E-state index contributed by atoms with van der Waals surface area (Å²) < 4.78 is 0. The Morgan fingerprint density at radius 2 is 2.08 bits per heavy atom. The highest BCUT2D eigenvalue weighted by Gasteiger charge is 2.26. The van der Waals surface area contributed by atoms with E-state index in [1.54, 1.807) is 0 Å². The molecule has 0 spiro atoms. The largest absolute Gasteiger partial charge is 0.369 e. The summed E-state index contributed by atoms with van der Waals surface area (Å²) in [6, 6.07) is 0. The van der Waals surface area contributed by atoms with Crippen LogP contribution in [0.2, 0.25) is 0 Å². The lowest BCUT2D eigenvalue weighted by molar-refractivity contribution is -0.122. The summed E-state index contributed by atoms with van der Waals surface area (Å²) in [5, 5.41) is 0. The van der Waals surface area contributed by atoms with Crippen molar-refractivity contribution in [2.24, 2.45) is 17.4 Å². The van der Waals surface area contributed by atoms with Crippen molar-refractivity contribution in [2.45, 2.75) is 6.42 Å². The molecule has 1 rings (SSSR count). The van der Waals surface area contributed by atoms with E-state index in [1.807, 2.05) is 4.90 Å². The topological polar surface area (TPSA) is 89.4 Å². The van der Waals surface area contributed by atoms with Crippen LogP contribution < -0.4 is 11.5 Å². The Bertz CT molecular complexity index is 205. The Balaban J connectivity index is 2.35. The Labute approximate surface area is 70.7 Å². The molecule has 12 heavy (non-hydrogen) atoms. The molecule has 0 aromatic rings. The zero-order valence-electron chi connectivity index (χ0n) is 6.82. The van der Waals surface area contributed by atoms with Crippen molar-refractivity contribution >= 4 is 11.8 Å². The lowest BCUT2D eigenvalue weighted by Gasteiger charge is -2.11. The fourth-order valence-corrected chi connectivity index (χ4v) is 1.43.